The quantitative estimate of drug-likeness (QED) is 0.340. The van der Waals surface area contributed by atoms with Gasteiger partial charge in [-0.1, -0.05) is 63.1 Å². The van der Waals surface area contributed by atoms with E-state index in [2.05, 4.69) is 26.0 Å². The van der Waals surface area contributed by atoms with Crippen molar-refractivity contribution in [1.29, 1.82) is 0 Å². The average molecular weight is 547 g/mol. The second kappa shape index (κ2) is 10.2. The third-order valence-corrected chi connectivity index (χ3v) is 7.86. The Kier molecular flexibility index (Phi) is 7.12. The number of thioether (sulfide) groups is 1. The molecule has 3 aliphatic heterocycles. The van der Waals surface area contributed by atoms with Crippen LogP contribution in [-0.2, 0) is 14.2 Å². The normalized spacial score (nSPS) is 30.6. The summed E-state index contributed by atoms with van der Waals surface area (Å²) in [4.78, 5) is 18.4. The Bertz CT molecular complexity index is 1100. The van der Waals surface area contributed by atoms with Gasteiger partial charge in [0.1, 0.15) is 23.7 Å². The van der Waals surface area contributed by atoms with Crippen molar-refractivity contribution >= 4 is 33.6 Å². The number of carbonyl (C=O) groups excluding carboxylic acids is 1. The Hall–Kier alpha value is -2.11. The minimum Gasteiger partial charge on any atom is -0.389 e. The second-order valence-corrected chi connectivity index (χ2v) is 10.4. The first-order chi connectivity index (χ1) is 16.5. The molecule has 3 unspecified atom stereocenters. The van der Waals surface area contributed by atoms with Crippen molar-refractivity contribution in [3.63, 3.8) is 0 Å². The molecule has 178 valence electrons. The Morgan fingerprint density at radius 2 is 2.00 bits per heavy atom. The molecular weight excluding hydrogens is 524 g/mol. The average Bonchev–Trinajstić information content (AvgIpc) is 2.81. The van der Waals surface area contributed by atoms with Gasteiger partial charge in [0.05, 0.1) is 18.2 Å². The van der Waals surface area contributed by atoms with Crippen molar-refractivity contribution in [2.45, 2.75) is 47.4 Å². The van der Waals surface area contributed by atoms with E-state index in [0.717, 1.165) is 29.5 Å². The zero-order chi connectivity index (χ0) is 23.7. The first kappa shape index (κ1) is 23.6. The summed E-state index contributed by atoms with van der Waals surface area (Å²) in [5, 5.41) is 15.0. The number of fused-ring (bicyclic) bond motifs is 1. The van der Waals surface area contributed by atoms with Gasteiger partial charge in [0, 0.05) is 32.9 Å². The molecule has 0 bridgehead atoms. The van der Waals surface area contributed by atoms with Crippen molar-refractivity contribution in [3.05, 3.63) is 74.6 Å². The van der Waals surface area contributed by atoms with Crippen molar-refractivity contribution in [2.24, 2.45) is 5.11 Å². The van der Waals surface area contributed by atoms with Gasteiger partial charge in [-0.3, -0.25) is 4.79 Å². The van der Waals surface area contributed by atoms with Gasteiger partial charge in [-0.05, 0) is 30.2 Å². The number of aliphatic hydroxyl groups excluding tert-OH is 1. The molecule has 0 spiro atoms. The number of nitrogens with zero attached hydrogens (tertiary/aromatic N) is 4. The van der Waals surface area contributed by atoms with Gasteiger partial charge in [0.2, 0.25) is 0 Å². The van der Waals surface area contributed by atoms with Crippen LogP contribution in [0.5, 0.6) is 0 Å². The lowest BCUT2D eigenvalue weighted by molar-refractivity contribution is -0.297. The number of rotatable bonds is 5. The molecule has 5 rings (SSSR count). The summed E-state index contributed by atoms with van der Waals surface area (Å²) in [5.41, 5.74) is 9.78. The van der Waals surface area contributed by atoms with E-state index in [0.29, 0.717) is 10.5 Å². The van der Waals surface area contributed by atoms with E-state index in [-0.39, 0.29) is 12.5 Å². The van der Waals surface area contributed by atoms with Crippen molar-refractivity contribution in [1.82, 2.24) is 4.90 Å². The number of hydrogen-bond donors (Lipinski definition) is 1. The number of amides is 1. The summed E-state index contributed by atoms with van der Waals surface area (Å²) in [6.45, 7) is 1.69. The van der Waals surface area contributed by atoms with E-state index < -0.39 is 36.1 Å². The molecule has 0 saturated carbocycles. The molecule has 9 nitrogen and oxygen atoms in total. The van der Waals surface area contributed by atoms with Crippen LogP contribution in [0.2, 0.25) is 0 Å². The van der Waals surface area contributed by atoms with Crippen molar-refractivity contribution in [2.75, 3.05) is 19.7 Å². The van der Waals surface area contributed by atoms with Gasteiger partial charge in [-0.2, -0.15) is 0 Å². The van der Waals surface area contributed by atoms with Crippen LogP contribution in [-0.4, -0.2) is 65.4 Å². The third kappa shape index (κ3) is 4.70. The Labute approximate surface area is 209 Å². The predicted molar refractivity (Wildman–Crippen MR) is 128 cm³/mol. The maximum absolute atomic E-state index is 12.9. The van der Waals surface area contributed by atoms with Gasteiger partial charge in [-0.25, -0.2) is 0 Å². The Balaban J connectivity index is 1.38. The van der Waals surface area contributed by atoms with Crippen LogP contribution < -0.4 is 0 Å². The SMILES string of the molecule is [N-]=[N+]=N[C@@H]1C(O)[C@@H](Sc2cc(Br)ccc2C(=O)N2CCC2)OC2COC(c3ccccc3)O[C@@H]21. The maximum atomic E-state index is 12.9. The fourth-order valence-corrected chi connectivity index (χ4v) is 5.97. The van der Waals surface area contributed by atoms with E-state index in [1.54, 1.807) is 11.0 Å². The van der Waals surface area contributed by atoms with Crippen LogP contribution in [0.1, 0.15) is 28.6 Å². The maximum Gasteiger partial charge on any atom is 0.254 e. The fraction of sp³-hybridized carbons (Fsp3) is 0.435. The first-order valence-corrected chi connectivity index (χ1v) is 12.7. The third-order valence-electron chi connectivity index (χ3n) is 6.15. The van der Waals surface area contributed by atoms with Crippen LogP contribution in [0.4, 0.5) is 0 Å². The molecule has 34 heavy (non-hydrogen) atoms. The topological polar surface area (TPSA) is 117 Å². The minimum atomic E-state index is -1.15. The molecule has 3 saturated heterocycles. The highest BCUT2D eigenvalue weighted by molar-refractivity contribution is 9.10. The molecule has 2 aromatic carbocycles. The molecule has 2 aromatic rings. The summed E-state index contributed by atoms with van der Waals surface area (Å²) >= 11 is 4.70. The summed E-state index contributed by atoms with van der Waals surface area (Å²) in [6.07, 6.45) is -2.02. The smallest absolute Gasteiger partial charge is 0.254 e. The van der Waals surface area contributed by atoms with E-state index in [4.69, 9.17) is 14.2 Å². The molecule has 1 amide bonds. The van der Waals surface area contributed by atoms with Crippen LogP contribution in [0.3, 0.4) is 0 Å². The molecule has 0 aromatic heterocycles. The number of hydrogen-bond acceptors (Lipinski definition) is 7. The molecule has 1 N–H and O–H groups in total. The number of likely N-dealkylation sites (tertiary alicyclic amines) is 1. The zero-order valence-electron chi connectivity index (χ0n) is 18.1. The van der Waals surface area contributed by atoms with Crippen molar-refractivity contribution < 1.29 is 24.1 Å². The van der Waals surface area contributed by atoms with E-state index in [1.165, 1.54) is 11.8 Å². The van der Waals surface area contributed by atoms with Crippen LogP contribution in [0.25, 0.3) is 10.4 Å². The number of benzene rings is 2. The van der Waals surface area contributed by atoms with E-state index in [1.807, 2.05) is 42.5 Å². The van der Waals surface area contributed by atoms with Gasteiger partial charge >= 0.3 is 0 Å². The van der Waals surface area contributed by atoms with Crippen molar-refractivity contribution in [3.8, 4) is 0 Å². The number of halogens is 1. The molecule has 3 aliphatic rings. The number of ether oxygens (including phenoxy) is 3. The zero-order valence-corrected chi connectivity index (χ0v) is 20.5. The number of carbonyl (C=O) groups is 1. The first-order valence-electron chi connectivity index (χ1n) is 11.0. The summed E-state index contributed by atoms with van der Waals surface area (Å²) in [7, 11) is 0. The predicted octanol–water partition coefficient (Wildman–Crippen LogP) is 4.27. The fourth-order valence-electron chi connectivity index (χ4n) is 4.23. The Morgan fingerprint density at radius 1 is 1.21 bits per heavy atom. The highest BCUT2D eigenvalue weighted by Crippen LogP contribution is 2.41. The van der Waals surface area contributed by atoms with E-state index in [9.17, 15) is 15.4 Å². The molecule has 11 heteroatoms. The number of aliphatic hydroxyl groups is 1. The molecular formula is C23H23BrN4O5S. The standard InChI is InChI=1S/C23H23BrN4O5S/c24-14-7-8-15(21(30)28-9-4-10-28)17(11-14)34-23-19(29)18(26-27-25)20-16(32-23)12-31-22(33-20)13-5-2-1-3-6-13/h1-3,5-8,11,16,18-20,22-23,29H,4,9-10,12H2/t16?,18-,19?,20+,22?,23-/m1/s1. The molecule has 0 aliphatic carbocycles. The summed E-state index contributed by atoms with van der Waals surface area (Å²) in [5.74, 6) is -0.0499. The molecule has 0 radical (unpaired) electrons. The van der Waals surface area contributed by atoms with Crippen LogP contribution in [0.15, 0.2) is 63.0 Å². The van der Waals surface area contributed by atoms with Gasteiger partial charge in [-0.15, -0.1) is 0 Å². The molecule has 6 atom stereocenters. The summed E-state index contributed by atoms with van der Waals surface area (Å²) in [6, 6.07) is 14.0. The summed E-state index contributed by atoms with van der Waals surface area (Å²) < 4.78 is 19.0. The second-order valence-electron chi connectivity index (χ2n) is 8.31. The van der Waals surface area contributed by atoms with Gasteiger partial charge < -0.3 is 24.2 Å². The molecule has 3 heterocycles. The minimum absolute atomic E-state index is 0.0499. The highest BCUT2D eigenvalue weighted by Gasteiger charge is 2.49. The monoisotopic (exact) mass is 546 g/mol. The molecule has 3 fully saturated rings. The van der Waals surface area contributed by atoms with Crippen LogP contribution >= 0.6 is 27.7 Å². The van der Waals surface area contributed by atoms with Gasteiger partial charge in [0.25, 0.3) is 5.91 Å². The van der Waals surface area contributed by atoms with Gasteiger partial charge in [0.15, 0.2) is 6.29 Å². The largest absolute Gasteiger partial charge is 0.389 e. The lowest BCUT2D eigenvalue weighted by Crippen LogP contribution is -2.60. The van der Waals surface area contributed by atoms with Crippen LogP contribution in [0, 0.1) is 0 Å². The number of azide groups is 1. The lowest BCUT2D eigenvalue weighted by Gasteiger charge is -2.46. The Morgan fingerprint density at radius 3 is 2.71 bits per heavy atom. The van der Waals surface area contributed by atoms with E-state index >= 15 is 0 Å². The highest BCUT2D eigenvalue weighted by atomic mass is 79.9. The lowest BCUT2D eigenvalue weighted by atomic mass is 9.97.